The summed E-state index contributed by atoms with van der Waals surface area (Å²) in [4.78, 5) is 13.9. The number of oxime groups is 1. The van der Waals surface area contributed by atoms with Gasteiger partial charge in [-0.2, -0.15) is 5.10 Å². The molecule has 0 saturated carbocycles. The average Bonchev–Trinajstić information content (AvgIpc) is 2.83. The van der Waals surface area contributed by atoms with Gasteiger partial charge in [0, 0.05) is 24.9 Å². The molecular weight excluding hydrogens is 308 g/mol. The third-order valence-electron chi connectivity index (χ3n) is 3.60. The van der Waals surface area contributed by atoms with Crippen LogP contribution in [0.2, 0.25) is 0 Å². The molecule has 1 N–H and O–H groups in total. The summed E-state index contributed by atoms with van der Waals surface area (Å²) < 4.78 is 7.22. The van der Waals surface area contributed by atoms with Gasteiger partial charge in [0.05, 0.1) is 30.7 Å². The van der Waals surface area contributed by atoms with Crippen molar-refractivity contribution in [3.8, 4) is 11.8 Å². The van der Waals surface area contributed by atoms with Gasteiger partial charge in [-0.1, -0.05) is 5.16 Å². The zero-order valence-electron chi connectivity index (χ0n) is 14.7. The average molecular weight is 332 g/mol. The van der Waals surface area contributed by atoms with Gasteiger partial charge in [0.2, 0.25) is 0 Å². The first-order valence-electron chi connectivity index (χ1n) is 7.99. The zero-order chi connectivity index (χ0) is 17.7. The number of nitrogens with zero attached hydrogens (tertiary/aromatic N) is 4. The lowest BCUT2D eigenvalue weighted by atomic mass is 10.1. The number of aromatic nitrogens is 2. The number of carbonyl (C=O) groups excluding carboxylic acids is 1. The summed E-state index contributed by atoms with van der Waals surface area (Å²) in [6, 6.07) is 0. The fourth-order valence-electron chi connectivity index (χ4n) is 2.59. The number of amides is 1. The summed E-state index contributed by atoms with van der Waals surface area (Å²) in [7, 11) is 0. The number of fused-ring (bicyclic) bond motifs is 1. The summed E-state index contributed by atoms with van der Waals surface area (Å²) in [6.07, 6.45) is 2.33. The van der Waals surface area contributed by atoms with Gasteiger partial charge in [-0.3, -0.25) is 4.68 Å². The standard InChI is InChI=1S/C17H24N4O3/c1-5-6-7-9-21-15(11-18-23)13-12-20(10-8-14(13)19-21)16(22)24-17(2,3)4/h11,23H,7-10,12H2,1-4H3. The molecule has 2 rings (SSSR count). The van der Waals surface area contributed by atoms with E-state index in [4.69, 9.17) is 9.94 Å². The maximum Gasteiger partial charge on any atom is 0.410 e. The topological polar surface area (TPSA) is 80.0 Å². The molecular formula is C17H24N4O3. The molecule has 130 valence electrons. The van der Waals surface area contributed by atoms with Crippen molar-refractivity contribution >= 4 is 12.3 Å². The highest BCUT2D eigenvalue weighted by atomic mass is 16.6. The van der Waals surface area contributed by atoms with Crippen molar-refractivity contribution in [2.75, 3.05) is 6.54 Å². The second-order valence-corrected chi connectivity index (χ2v) is 6.61. The largest absolute Gasteiger partial charge is 0.444 e. The highest BCUT2D eigenvalue weighted by Gasteiger charge is 2.29. The molecule has 7 nitrogen and oxygen atoms in total. The molecule has 0 aliphatic carbocycles. The maximum atomic E-state index is 12.3. The van der Waals surface area contributed by atoms with Gasteiger partial charge in [0.25, 0.3) is 0 Å². The molecule has 0 spiro atoms. The minimum Gasteiger partial charge on any atom is -0.444 e. The minimum atomic E-state index is -0.532. The summed E-state index contributed by atoms with van der Waals surface area (Å²) in [5.74, 6) is 5.85. The lowest BCUT2D eigenvalue weighted by Crippen LogP contribution is -2.40. The summed E-state index contributed by atoms with van der Waals surface area (Å²) >= 11 is 0. The van der Waals surface area contributed by atoms with E-state index in [2.05, 4.69) is 22.1 Å². The van der Waals surface area contributed by atoms with E-state index in [0.29, 0.717) is 38.2 Å². The van der Waals surface area contributed by atoms with Crippen LogP contribution < -0.4 is 0 Å². The van der Waals surface area contributed by atoms with Crippen LogP contribution >= 0.6 is 0 Å². The summed E-state index contributed by atoms with van der Waals surface area (Å²) in [5.41, 5.74) is 2.00. The molecule has 0 radical (unpaired) electrons. The molecule has 7 heteroatoms. The van der Waals surface area contributed by atoms with Gasteiger partial charge in [0.1, 0.15) is 5.60 Å². The smallest absolute Gasteiger partial charge is 0.410 e. The normalized spacial score (nSPS) is 14.2. The Morgan fingerprint density at radius 3 is 2.88 bits per heavy atom. The van der Waals surface area contributed by atoms with Crippen LogP contribution in [0, 0.1) is 11.8 Å². The molecule has 1 aromatic heterocycles. The Kier molecular flexibility index (Phi) is 5.50. The Labute approximate surface area is 142 Å². The molecule has 1 aliphatic rings. The molecule has 0 saturated heterocycles. The molecule has 0 fully saturated rings. The van der Waals surface area contributed by atoms with Crippen LogP contribution in [0.25, 0.3) is 0 Å². The van der Waals surface area contributed by atoms with E-state index in [1.807, 2.05) is 20.8 Å². The maximum absolute atomic E-state index is 12.3. The van der Waals surface area contributed by atoms with Crippen LogP contribution in [0.5, 0.6) is 0 Å². The second kappa shape index (κ2) is 7.39. The number of hydrogen-bond acceptors (Lipinski definition) is 5. The predicted molar refractivity (Wildman–Crippen MR) is 90.0 cm³/mol. The predicted octanol–water partition coefficient (Wildman–Crippen LogP) is 2.40. The van der Waals surface area contributed by atoms with E-state index in [1.165, 1.54) is 6.21 Å². The van der Waals surface area contributed by atoms with E-state index < -0.39 is 5.60 Å². The zero-order valence-corrected chi connectivity index (χ0v) is 14.7. The van der Waals surface area contributed by atoms with Gasteiger partial charge in [0.15, 0.2) is 0 Å². The Bertz CT molecular complexity index is 689. The van der Waals surface area contributed by atoms with E-state index >= 15 is 0 Å². The number of aryl methyl sites for hydroxylation is 1. The highest BCUT2D eigenvalue weighted by molar-refractivity contribution is 5.80. The SMILES string of the molecule is CC#CCCn1nc2c(c1C=NO)CN(C(=O)OC(C)(C)C)CC2. The number of ether oxygens (including phenoxy) is 1. The first kappa shape index (κ1) is 17.9. The van der Waals surface area contributed by atoms with Gasteiger partial charge in [-0.05, 0) is 27.7 Å². The molecule has 0 unspecified atom stereocenters. The number of rotatable bonds is 3. The molecule has 1 amide bonds. The van der Waals surface area contributed by atoms with E-state index in [1.54, 1.807) is 16.5 Å². The van der Waals surface area contributed by atoms with Crippen molar-refractivity contribution in [2.24, 2.45) is 5.16 Å². The third-order valence-corrected chi connectivity index (χ3v) is 3.60. The Morgan fingerprint density at radius 2 is 2.25 bits per heavy atom. The third kappa shape index (κ3) is 4.28. The number of hydrogen-bond donors (Lipinski definition) is 1. The monoisotopic (exact) mass is 332 g/mol. The molecule has 1 aliphatic heterocycles. The molecule has 2 heterocycles. The van der Waals surface area contributed by atoms with E-state index in [-0.39, 0.29) is 6.09 Å². The van der Waals surface area contributed by atoms with Crippen molar-refractivity contribution in [2.45, 2.75) is 59.2 Å². The van der Waals surface area contributed by atoms with Gasteiger partial charge < -0.3 is 14.8 Å². The molecule has 0 aromatic carbocycles. The van der Waals surface area contributed by atoms with Crippen molar-refractivity contribution in [3.63, 3.8) is 0 Å². The molecule has 0 bridgehead atoms. The highest BCUT2D eigenvalue weighted by Crippen LogP contribution is 2.23. The van der Waals surface area contributed by atoms with Crippen LogP contribution in [0.3, 0.4) is 0 Å². The lowest BCUT2D eigenvalue weighted by molar-refractivity contribution is 0.0223. The van der Waals surface area contributed by atoms with Gasteiger partial charge >= 0.3 is 6.09 Å². The number of carbonyl (C=O) groups is 1. The fraction of sp³-hybridized carbons (Fsp3) is 0.588. The van der Waals surface area contributed by atoms with Crippen molar-refractivity contribution in [3.05, 3.63) is 17.0 Å². The van der Waals surface area contributed by atoms with Crippen LogP contribution in [0.15, 0.2) is 5.16 Å². The van der Waals surface area contributed by atoms with E-state index in [0.717, 1.165) is 11.3 Å². The van der Waals surface area contributed by atoms with Crippen molar-refractivity contribution in [1.82, 2.24) is 14.7 Å². The van der Waals surface area contributed by atoms with E-state index in [9.17, 15) is 4.79 Å². The molecule has 0 atom stereocenters. The summed E-state index contributed by atoms with van der Waals surface area (Å²) in [6.45, 7) is 8.89. The first-order chi connectivity index (χ1) is 11.4. The fourth-order valence-corrected chi connectivity index (χ4v) is 2.59. The minimum absolute atomic E-state index is 0.343. The summed E-state index contributed by atoms with van der Waals surface area (Å²) in [5, 5.41) is 16.7. The Morgan fingerprint density at radius 1 is 1.50 bits per heavy atom. The van der Waals surface area contributed by atoms with Crippen LogP contribution in [0.4, 0.5) is 4.79 Å². The first-order valence-corrected chi connectivity index (χ1v) is 7.99. The van der Waals surface area contributed by atoms with Gasteiger partial charge in [-0.15, -0.1) is 11.8 Å². The van der Waals surface area contributed by atoms with Crippen LogP contribution in [0.1, 0.15) is 51.1 Å². The lowest BCUT2D eigenvalue weighted by Gasteiger charge is -2.29. The molecule has 1 aromatic rings. The second-order valence-electron chi connectivity index (χ2n) is 6.61. The van der Waals surface area contributed by atoms with Gasteiger partial charge in [-0.25, -0.2) is 4.79 Å². The Hall–Kier alpha value is -2.49. The van der Waals surface area contributed by atoms with Crippen LogP contribution in [-0.4, -0.2) is 44.3 Å². The van der Waals surface area contributed by atoms with Crippen molar-refractivity contribution < 1.29 is 14.7 Å². The quantitative estimate of drug-likeness (QED) is 0.399. The van der Waals surface area contributed by atoms with Crippen molar-refractivity contribution in [1.29, 1.82) is 0 Å². The molecule has 24 heavy (non-hydrogen) atoms. The van der Waals surface area contributed by atoms with Crippen LogP contribution in [-0.2, 0) is 24.2 Å². The Balaban J connectivity index is 2.22.